The zero-order valence-corrected chi connectivity index (χ0v) is 15.4. The van der Waals surface area contributed by atoms with Gasteiger partial charge in [-0.15, -0.1) is 0 Å². The van der Waals surface area contributed by atoms with E-state index in [0.29, 0.717) is 6.61 Å². The molecular weight excluding hydrogens is 338 g/mol. The molecule has 0 amide bonds. The SMILES string of the molecule is COc1cccc(CCc2ccccc2OCC2C[NH2+]CCO2)c1.[Cl-]. The van der Waals surface area contributed by atoms with Gasteiger partial charge in [0, 0.05) is 0 Å². The minimum atomic E-state index is 0. The second kappa shape index (κ2) is 10.3. The zero-order chi connectivity index (χ0) is 16.6. The Hall–Kier alpha value is -1.75. The van der Waals surface area contributed by atoms with Crippen LogP contribution in [0.3, 0.4) is 0 Å². The zero-order valence-electron chi connectivity index (χ0n) is 14.6. The van der Waals surface area contributed by atoms with E-state index in [-0.39, 0.29) is 18.5 Å². The summed E-state index contributed by atoms with van der Waals surface area (Å²) in [6.45, 7) is 3.46. The third kappa shape index (κ3) is 5.92. The Morgan fingerprint density at radius 1 is 1.12 bits per heavy atom. The first-order chi connectivity index (χ1) is 11.8. The minimum Gasteiger partial charge on any atom is -1.00 e. The number of quaternary nitrogens is 1. The van der Waals surface area contributed by atoms with Crippen molar-refractivity contribution in [1.82, 2.24) is 0 Å². The van der Waals surface area contributed by atoms with Gasteiger partial charge in [0.05, 0.1) is 20.3 Å². The van der Waals surface area contributed by atoms with Gasteiger partial charge in [0.2, 0.25) is 0 Å². The Morgan fingerprint density at radius 2 is 2.00 bits per heavy atom. The summed E-state index contributed by atoms with van der Waals surface area (Å²) >= 11 is 0. The number of hydrogen-bond acceptors (Lipinski definition) is 3. The Kier molecular flexibility index (Phi) is 8.06. The molecule has 1 saturated heterocycles. The predicted octanol–water partition coefficient (Wildman–Crippen LogP) is -1.17. The monoisotopic (exact) mass is 363 g/mol. The van der Waals surface area contributed by atoms with Gasteiger partial charge in [-0.25, -0.2) is 0 Å². The highest BCUT2D eigenvalue weighted by Crippen LogP contribution is 2.21. The van der Waals surface area contributed by atoms with Crippen LogP contribution in [0.15, 0.2) is 48.5 Å². The molecule has 0 saturated carbocycles. The molecule has 1 heterocycles. The Labute approximate surface area is 155 Å². The molecule has 136 valence electrons. The minimum absolute atomic E-state index is 0. The van der Waals surface area contributed by atoms with Gasteiger partial charge < -0.3 is 31.9 Å². The van der Waals surface area contributed by atoms with Crippen molar-refractivity contribution in [3.63, 3.8) is 0 Å². The summed E-state index contributed by atoms with van der Waals surface area (Å²) in [5.74, 6) is 1.87. The van der Waals surface area contributed by atoms with Crippen molar-refractivity contribution in [3.8, 4) is 11.5 Å². The molecule has 2 aromatic carbocycles. The molecule has 0 radical (unpaired) electrons. The summed E-state index contributed by atoms with van der Waals surface area (Å²) in [4.78, 5) is 0. The largest absolute Gasteiger partial charge is 1.00 e. The smallest absolute Gasteiger partial charge is 0.140 e. The van der Waals surface area contributed by atoms with Gasteiger partial charge >= 0.3 is 0 Å². The molecule has 2 aromatic rings. The molecule has 5 heteroatoms. The van der Waals surface area contributed by atoms with E-state index >= 15 is 0 Å². The summed E-state index contributed by atoms with van der Waals surface area (Å²) in [5.41, 5.74) is 2.51. The van der Waals surface area contributed by atoms with Crippen LogP contribution in [0, 0.1) is 0 Å². The van der Waals surface area contributed by atoms with Gasteiger partial charge in [0.25, 0.3) is 0 Å². The van der Waals surface area contributed by atoms with E-state index in [1.54, 1.807) is 7.11 Å². The second-order valence-corrected chi connectivity index (χ2v) is 6.08. The quantitative estimate of drug-likeness (QED) is 0.674. The molecule has 1 fully saturated rings. The summed E-state index contributed by atoms with van der Waals surface area (Å²) in [6.07, 6.45) is 2.09. The number of halogens is 1. The maximum absolute atomic E-state index is 6.04. The molecule has 0 spiro atoms. The molecule has 0 bridgehead atoms. The first kappa shape index (κ1) is 19.6. The summed E-state index contributed by atoms with van der Waals surface area (Å²) < 4.78 is 17.1. The fraction of sp³-hybridized carbons (Fsp3) is 0.400. The fourth-order valence-corrected chi connectivity index (χ4v) is 2.95. The number of hydrogen-bond donors (Lipinski definition) is 1. The highest BCUT2D eigenvalue weighted by atomic mass is 35.5. The van der Waals surface area contributed by atoms with Crippen molar-refractivity contribution in [2.75, 3.05) is 33.4 Å². The molecule has 3 rings (SSSR count). The van der Waals surface area contributed by atoms with Crippen molar-refractivity contribution in [2.45, 2.75) is 18.9 Å². The number of para-hydroxylation sites is 1. The first-order valence-corrected chi connectivity index (χ1v) is 8.62. The topological polar surface area (TPSA) is 44.3 Å². The predicted molar refractivity (Wildman–Crippen MR) is 93.7 cm³/mol. The summed E-state index contributed by atoms with van der Waals surface area (Å²) in [5, 5.41) is 2.28. The molecule has 0 aliphatic carbocycles. The number of rotatable bonds is 7. The number of aryl methyl sites for hydroxylation is 2. The van der Waals surface area contributed by atoms with Crippen LogP contribution in [-0.2, 0) is 17.6 Å². The standard InChI is InChI=1S/C20H25NO3.ClH/c1-22-18-7-4-5-16(13-18)9-10-17-6-2-3-8-20(17)24-15-19-14-21-11-12-23-19;/h2-8,13,19,21H,9-12,14-15H2,1H3;1H. The average Bonchev–Trinajstić information content (AvgIpc) is 2.66. The molecule has 1 atom stereocenters. The highest BCUT2D eigenvalue weighted by Gasteiger charge is 2.17. The lowest BCUT2D eigenvalue weighted by molar-refractivity contribution is -0.677. The van der Waals surface area contributed by atoms with E-state index in [4.69, 9.17) is 14.2 Å². The van der Waals surface area contributed by atoms with Crippen LogP contribution >= 0.6 is 0 Å². The van der Waals surface area contributed by atoms with Gasteiger partial charge in [-0.3, -0.25) is 0 Å². The van der Waals surface area contributed by atoms with E-state index in [9.17, 15) is 0 Å². The van der Waals surface area contributed by atoms with Crippen molar-refractivity contribution >= 4 is 0 Å². The number of methoxy groups -OCH3 is 1. The Bertz CT molecular complexity index is 644. The van der Waals surface area contributed by atoms with Crippen molar-refractivity contribution in [3.05, 3.63) is 59.7 Å². The molecule has 4 nitrogen and oxygen atoms in total. The number of benzene rings is 2. The summed E-state index contributed by atoms with van der Waals surface area (Å²) in [7, 11) is 1.70. The normalized spacial score (nSPS) is 16.8. The van der Waals surface area contributed by atoms with E-state index < -0.39 is 0 Å². The van der Waals surface area contributed by atoms with Crippen LogP contribution in [0.1, 0.15) is 11.1 Å². The first-order valence-electron chi connectivity index (χ1n) is 8.62. The summed E-state index contributed by atoms with van der Waals surface area (Å²) in [6, 6.07) is 16.5. The van der Waals surface area contributed by atoms with Gasteiger partial charge in [0.15, 0.2) is 0 Å². The van der Waals surface area contributed by atoms with Crippen LogP contribution < -0.4 is 27.2 Å². The fourth-order valence-electron chi connectivity index (χ4n) is 2.95. The van der Waals surface area contributed by atoms with Crippen LogP contribution in [0.2, 0.25) is 0 Å². The molecule has 2 N–H and O–H groups in total. The van der Waals surface area contributed by atoms with Crippen LogP contribution in [0.5, 0.6) is 11.5 Å². The lowest BCUT2D eigenvalue weighted by atomic mass is 10.0. The van der Waals surface area contributed by atoms with Crippen LogP contribution in [0.4, 0.5) is 0 Å². The maximum atomic E-state index is 6.04. The van der Waals surface area contributed by atoms with Crippen molar-refractivity contribution in [2.24, 2.45) is 0 Å². The van der Waals surface area contributed by atoms with E-state index in [2.05, 4.69) is 29.6 Å². The maximum Gasteiger partial charge on any atom is 0.140 e. The molecule has 1 aliphatic rings. The van der Waals surface area contributed by atoms with E-state index in [1.165, 1.54) is 11.1 Å². The van der Waals surface area contributed by atoms with Crippen LogP contribution in [-0.4, -0.2) is 39.5 Å². The van der Waals surface area contributed by atoms with Gasteiger partial charge in [0.1, 0.15) is 30.8 Å². The van der Waals surface area contributed by atoms with Gasteiger partial charge in [-0.05, 0) is 42.2 Å². The molecule has 0 aromatic heterocycles. The Morgan fingerprint density at radius 3 is 2.80 bits per heavy atom. The third-order valence-corrected chi connectivity index (χ3v) is 4.32. The highest BCUT2D eigenvalue weighted by molar-refractivity contribution is 5.35. The molecule has 1 unspecified atom stereocenters. The van der Waals surface area contributed by atoms with E-state index in [0.717, 1.165) is 44.0 Å². The Balaban J connectivity index is 0.00000225. The lowest BCUT2D eigenvalue weighted by Gasteiger charge is -2.22. The van der Waals surface area contributed by atoms with Crippen LogP contribution in [0.25, 0.3) is 0 Å². The lowest BCUT2D eigenvalue weighted by Crippen LogP contribution is -3.00. The van der Waals surface area contributed by atoms with Crippen molar-refractivity contribution in [1.29, 1.82) is 0 Å². The van der Waals surface area contributed by atoms with Crippen molar-refractivity contribution < 1.29 is 31.9 Å². The van der Waals surface area contributed by atoms with E-state index in [1.807, 2.05) is 24.3 Å². The number of nitrogens with two attached hydrogens (primary N) is 1. The third-order valence-electron chi connectivity index (χ3n) is 4.32. The number of morpholine rings is 1. The second-order valence-electron chi connectivity index (χ2n) is 6.08. The molecular formula is C20H26ClNO3. The average molecular weight is 364 g/mol. The van der Waals surface area contributed by atoms with Gasteiger partial charge in [-0.1, -0.05) is 30.3 Å². The molecule has 1 aliphatic heterocycles. The van der Waals surface area contributed by atoms with Gasteiger partial charge in [-0.2, -0.15) is 0 Å². The molecule has 25 heavy (non-hydrogen) atoms. The number of ether oxygens (including phenoxy) is 3.